The average molecular weight is 347 g/mol. The summed E-state index contributed by atoms with van der Waals surface area (Å²) in [7, 11) is 1.59. The summed E-state index contributed by atoms with van der Waals surface area (Å²) in [5.74, 6) is 0.731. The predicted molar refractivity (Wildman–Crippen MR) is 97.9 cm³/mol. The number of carbonyl (C=O) groups excluding carboxylic acids is 2. The Hall–Kier alpha value is -2.08. The average Bonchev–Trinajstić information content (AvgIpc) is 2.61. The van der Waals surface area contributed by atoms with Gasteiger partial charge in [0.15, 0.2) is 0 Å². The van der Waals surface area contributed by atoms with Crippen molar-refractivity contribution in [3.8, 4) is 5.75 Å². The van der Waals surface area contributed by atoms with E-state index in [1.807, 2.05) is 30.9 Å². The Labute approximate surface area is 150 Å². The van der Waals surface area contributed by atoms with Gasteiger partial charge in [0.1, 0.15) is 5.75 Å². The Morgan fingerprint density at radius 1 is 1.20 bits per heavy atom. The van der Waals surface area contributed by atoms with Gasteiger partial charge in [-0.2, -0.15) is 0 Å². The van der Waals surface area contributed by atoms with Crippen molar-refractivity contribution in [2.24, 2.45) is 0 Å². The minimum atomic E-state index is -0.179. The molecule has 25 heavy (non-hydrogen) atoms. The summed E-state index contributed by atoms with van der Waals surface area (Å²) < 4.78 is 5.18. The van der Waals surface area contributed by atoms with Crippen LogP contribution in [0.3, 0.4) is 0 Å². The van der Waals surface area contributed by atoms with Crippen molar-refractivity contribution in [2.75, 3.05) is 39.8 Å². The van der Waals surface area contributed by atoms with Crippen molar-refractivity contribution in [3.05, 3.63) is 29.8 Å². The fourth-order valence-electron chi connectivity index (χ4n) is 2.76. The molecule has 2 amide bonds. The third-order valence-electron chi connectivity index (χ3n) is 4.71. The zero-order valence-electron chi connectivity index (χ0n) is 15.7. The van der Waals surface area contributed by atoms with Crippen LogP contribution in [0.4, 0.5) is 0 Å². The van der Waals surface area contributed by atoms with Gasteiger partial charge in [0.25, 0.3) is 5.91 Å². The van der Waals surface area contributed by atoms with Gasteiger partial charge in [0, 0.05) is 37.3 Å². The largest absolute Gasteiger partial charge is 0.497 e. The number of nitrogens with zero attached hydrogens (tertiary/aromatic N) is 2. The third-order valence-corrected chi connectivity index (χ3v) is 4.71. The van der Waals surface area contributed by atoms with E-state index in [-0.39, 0.29) is 17.4 Å². The van der Waals surface area contributed by atoms with Gasteiger partial charge in [-0.25, -0.2) is 0 Å². The second-order valence-corrected chi connectivity index (χ2v) is 7.09. The molecule has 138 valence electrons. The van der Waals surface area contributed by atoms with Crippen molar-refractivity contribution in [2.45, 2.75) is 32.7 Å². The van der Waals surface area contributed by atoms with Crippen molar-refractivity contribution in [1.82, 2.24) is 15.1 Å². The molecule has 1 aliphatic rings. The highest BCUT2D eigenvalue weighted by atomic mass is 16.5. The number of carbonyl (C=O) groups is 2. The molecule has 1 aromatic rings. The zero-order chi connectivity index (χ0) is 18.4. The lowest BCUT2D eigenvalue weighted by Gasteiger charge is -2.35. The van der Waals surface area contributed by atoms with Crippen LogP contribution >= 0.6 is 0 Å². The van der Waals surface area contributed by atoms with Crippen molar-refractivity contribution in [1.29, 1.82) is 0 Å². The molecule has 6 nitrogen and oxygen atoms in total. The highest BCUT2D eigenvalue weighted by Gasteiger charge is 2.25. The number of ether oxygens (including phenoxy) is 1. The van der Waals surface area contributed by atoms with Crippen LogP contribution < -0.4 is 10.1 Å². The monoisotopic (exact) mass is 347 g/mol. The van der Waals surface area contributed by atoms with E-state index in [1.54, 1.807) is 19.2 Å². The smallest absolute Gasteiger partial charge is 0.254 e. The molecule has 1 fully saturated rings. The molecule has 0 atom stereocenters. The maximum Gasteiger partial charge on any atom is 0.254 e. The molecular weight excluding hydrogens is 318 g/mol. The Bertz CT molecular complexity index is 608. The van der Waals surface area contributed by atoms with Gasteiger partial charge in [-0.3, -0.25) is 14.5 Å². The van der Waals surface area contributed by atoms with E-state index in [4.69, 9.17) is 4.74 Å². The molecule has 0 saturated carbocycles. The molecule has 0 aromatic heterocycles. The summed E-state index contributed by atoms with van der Waals surface area (Å²) in [6.45, 7) is 9.14. The number of rotatable bonds is 6. The number of nitrogens with one attached hydrogen (secondary N) is 1. The van der Waals surface area contributed by atoms with Crippen LogP contribution in [0, 0.1) is 0 Å². The van der Waals surface area contributed by atoms with Crippen LogP contribution in [0.2, 0.25) is 0 Å². The summed E-state index contributed by atoms with van der Waals surface area (Å²) in [5.41, 5.74) is 0.455. The SMILES string of the molecule is CCC(C)(C)NC(=O)CN1CCN(C(=O)c2cccc(OC)c2)CC1. The molecule has 2 rings (SSSR count). The summed E-state index contributed by atoms with van der Waals surface area (Å²) in [5, 5.41) is 3.05. The summed E-state index contributed by atoms with van der Waals surface area (Å²) in [6.07, 6.45) is 0.890. The van der Waals surface area contributed by atoms with Gasteiger partial charge in [-0.1, -0.05) is 13.0 Å². The molecule has 1 heterocycles. The fourth-order valence-corrected chi connectivity index (χ4v) is 2.76. The fraction of sp³-hybridized carbons (Fsp3) is 0.579. The Morgan fingerprint density at radius 2 is 1.88 bits per heavy atom. The number of hydrogen-bond acceptors (Lipinski definition) is 4. The molecule has 0 unspecified atom stereocenters. The minimum Gasteiger partial charge on any atom is -0.497 e. The maximum absolute atomic E-state index is 12.6. The lowest BCUT2D eigenvalue weighted by atomic mass is 10.0. The van der Waals surface area contributed by atoms with Crippen LogP contribution in [0.25, 0.3) is 0 Å². The highest BCUT2D eigenvalue weighted by Crippen LogP contribution is 2.15. The lowest BCUT2D eigenvalue weighted by Crippen LogP contribution is -2.53. The molecule has 1 aromatic carbocycles. The van der Waals surface area contributed by atoms with E-state index in [0.717, 1.165) is 6.42 Å². The first-order chi connectivity index (χ1) is 11.8. The predicted octanol–water partition coefficient (Wildman–Crippen LogP) is 1.76. The Balaban J connectivity index is 1.84. The molecule has 0 bridgehead atoms. The van der Waals surface area contributed by atoms with E-state index in [1.165, 1.54) is 0 Å². The van der Waals surface area contributed by atoms with Crippen LogP contribution in [0.5, 0.6) is 5.75 Å². The van der Waals surface area contributed by atoms with E-state index in [2.05, 4.69) is 17.1 Å². The quantitative estimate of drug-likeness (QED) is 0.852. The van der Waals surface area contributed by atoms with E-state index in [0.29, 0.717) is 44.0 Å². The van der Waals surface area contributed by atoms with Crippen LogP contribution in [0.1, 0.15) is 37.6 Å². The second kappa shape index (κ2) is 8.34. The van der Waals surface area contributed by atoms with E-state index < -0.39 is 0 Å². The van der Waals surface area contributed by atoms with Gasteiger partial charge in [-0.05, 0) is 38.5 Å². The lowest BCUT2D eigenvalue weighted by molar-refractivity contribution is -0.124. The number of amides is 2. The second-order valence-electron chi connectivity index (χ2n) is 7.09. The van der Waals surface area contributed by atoms with Crippen molar-refractivity contribution in [3.63, 3.8) is 0 Å². The first-order valence-electron chi connectivity index (χ1n) is 8.81. The standard InChI is InChI=1S/C19H29N3O3/c1-5-19(2,3)20-17(23)14-21-9-11-22(12-10-21)18(24)15-7-6-8-16(13-15)25-4/h6-8,13H,5,9-12,14H2,1-4H3,(H,20,23). The molecular formula is C19H29N3O3. The first kappa shape index (κ1) is 19.2. The molecule has 0 spiro atoms. The highest BCUT2D eigenvalue weighted by molar-refractivity contribution is 5.94. The number of hydrogen-bond donors (Lipinski definition) is 1. The summed E-state index contributed by atoms with van der Waals surface area (Å²) >= 11 is 0. The van der Waals surface area contributed by atoms with Crippen molar-refractivity contribution < 1.29 is 14.3 Å². The van der Waals surface area contributed by atoms with Crippen LogP contribution in [-0.4, -0.2) is 67.0 Å². The molecule has 1 N–H and O–H groups in total. The number of benzene rings is 1. The molecule has 1 aliphatic heterocycles. The van der Waals surface area contributed by atoms with Gasteiger partial charge < -0.3 is 15.0 Å². The normalized spacial score (nSPS) is 15.8. The zero-order valence-corrected chi connectivity index (χ0v) is 15.7. The number of methoxy groups -OCH3 is 1. The van der Waals surface area contributed by atoms with Crippen LogP contribution in [0.15, 0.2) is 24.3 Å². The Kier molecular flexibility index (Phi) is 6.42. The van der Waals surface area contributed by atoms with E-state index >= 15 is 0 Å². The van der Waals surface area contributed by atoms with Crippen LogP contribution in [-0.2, 0) is 4.79 Å². The topological polar surface area (TPSA) is 61.9 Å². The maximum atomic E-state index is 12.6. The minimum absolute atomic E-state index is 0.00937. The first-order valence-corrected chi connectivity index (χ1v) is 8.81. The number of piperazine rings is 1. The van der Waals surface area contributed by atoms with Gasteiger partial charge in [-0.15, -0.1) is 0 Å². The molecule has 1 saturated heterocycles. The van der Waals surface area contributed by atoms with E-state index in [9.17, 15) is 9.59 Å². The molecule has 0 aliphatic carbocycles. The third kappa shape index (κ3) is 5.46. The molecule has 6 heteroatoms. The van der Waals surface area contributed by atoms with Gasteiger partial charge in [0.05, 0.1) is 13.7 Å². The molecule has 0 radical (unpaired) electrons. The summed E-state index contributed by atoms with van der Waals surface area (Å²) in [4.78, 5) is 28.7. The summed E-state index contributed by atoms with van der Waals surface area (Å²) in [6, 6.07) is 7.21. The van der Waals surface area contributed by atoms with Gasteiger partial charge in [0.2, 0.25) is 5.91 Å². The van der Waals surface area contributed by atoms with Crippen molar-refractivity contribution >= 4 is 11.8 Å². The Morgan fingerprint density at radius 3 is 2.48 bits per heavy atom. The van der Waals surface area contributed by atoms with Gasteiger partial charge >= 0.3 is 0 Å².